The number of nitrogens with one attached hydrogen (secondary N) is 1. The third-order valence-corrected chi connectivity index (χ3v) is 4.94. The second-order valence-electron chi connectivity index (χ2n) is 7.10. The van der Waals surface area contributed by atoms with Crippen LogP contribution in [0.25, 0.3) is 0 Å². The highest BCUT2D eigenvalue weighted by Gasteiger charge is 2.27. The summed E-state index contributed by atoms with van der Waals surface area (Å²) in [6.07, 6.45) is 2.66. The van der Waals surface area contributed by atoms with Gasteiger partial charge < -0.3 is 14.7 Å². The molecule has 0 unspecified atom stereocenters. The molecule has 1 fully saturated rings. The van der Waals surface area contributed by atoms with Crippen molar-refractivity contribution in [3.8, 4) is 0 Å². The molecule has 1 saturated heterocycles. The highest BCUT2D eigenvalue weighted by atomic mass is 16.5. The van der Waals surface area contributed by atoms with Crippen molar-refractivity contribution in [1.82, 2.24) is 20.4 Å². The lowest BCUT2D eigenvalue weighted by Crippen LogP contribution is -2.43. The standard InChI is InChI=1S/C20H26N4O3/c1-14-3-5-16(6-4-14)7-8-18(25)21-13-19(26)24-11-9-17(10-12-24)20-22-15(2)23-27-20/h3-6,17H,7-13H2,1-2H3,(H,21,25). The van der Waals surface area contributed by atoms with Gasteiger partial charge in [-0.2, -0.15) is 4.98 Å². The van der Waals surface area contributed by atoms with E-state index in [0.717, 1.165) is 18.4 Å². The minimum absolute atomic E-state index is 0.0427. The summed E-state index contributed by atoms with van der Waals surface area (Å²) < 4.78 is 5.23. The number of likely N-dealkylation sites (tertiary alicyclic amines) is 1. The van der Waals surface area contributed by atoms with Gasteiger partial charge in [-0.15, -0.1) is 0 Å². The summed E-state index contributed by atoms with van der Waals surface area (Å²) in [6.45, 7) is 5.17. The highest BCUT2D eigenvalue weighted by Crippen LogP contribution is 2.26. The Kier molecular flexibility index (Phi) is 6.21. The van der Waals surface area contributed by atoms with Crippen LogP contribution in [0.4, 0.5) is 0 Å². The van der Waals surface area contributed by atoms with Crippen molar-refractivity contribution in [3.05, 3.63) is 47.1 Å². The van der Waals surface area contributed by atoms with E-state index in [1.54, 1.807) is 11.8 Å². The van der Waals surface area contributed by atoms with Crippen LogP contribution >= 0.6 is 0 Å². The van der Waals surface area contributed by atoms with Crippen LogP contribution in [0.2, 0.25) is 0 Å². The number of nitrogens with zero attached hydrogens (tertiary/aromatic N) is 3. The molecule has 1 aliphatic rings. The first-order chi connectivity index (χ1) is 13.0. The van der Waals surface area contributed by atoms with Crippen LogP contribution in [-0.4, -0.2) is 46.5 Å². The monoisotopic (exact) mass is 370 g/mol. The molecule has 7 heteroatoms. The van der Waals surface area contributed by atoms with Gasteiger partial charge in [0.15, 0.2) is 5.82 Å². The number of amides is 2. The van der Waals surface area contributed by atoms with Gasteiger partial charge in [0.1, 0.15) is 0 Å². The van der Waals surface area contributed by atoms with Gasteiger partial charge in [0.05, 0.1) is 6.54 Å². The molecule has 0 spiro atoms. The molecule has 1 aromatic carbocycles. The normalized spacial score (nSPS) is 15.0. The fraction of sp³-hybridized carbons (Fsp3) is 0.500. The van der Waals surface area contributed by atoms with Crippen LogP contribution < -0.4 is 5.32 Å². The largest absolute Gasteiger partial charge is 0.347 e. The van der Waals surface area contributed by atoms with E-state index in [9.17, 15) is 9.59 Å². The van der Waals surface area contributed by atoms with Crippen molar-refractivity contribution in [2.24, 2.45) is 0 Å². The van der Waals surface area contributed by atoms with E-state index in [1.807, 2.05) is 31.2 Å². The topological polar surface area (TPSA) is 88.3 Å². The first kappa shape index (κ1) is 19.1. The number of benzene rings is 1. The zero-order valence-corrected chi connectivity index (χ0v) is 15.9. The Bertz CT molecular complexity index is 777. The first-order valence-corrected chi connectivity index (χ1v) is 9.41. The average Bonchev–Trinajstić information content (AvgIpc) is 3.12. The molecule has 0 atom stereocenters. The van der Waals surface area contributed by atoms with E-state index in [0.29, 0.717) is 37.6 Å². The molecule has 3 rings (SSSR count). The molecule has 2 heterocycles. The third-order valence-electron chi connectivity index (χ3n) is 4.94. The zero-order valence-electron chi connectivity index (χ0n) is 15.9. The van der Waals surface area contributed by atoms with Crippen molar-refractivity contribution >= 4 is 11.8 Å². The van der Waals surface area contributed by atoms with Crippen molar-refractivity contribution in [2.45, 2.75) is 45.4 Å². The lowest BCUT2D eigenvalue weighted by atomic mass is 9.97. The van der Waals surface area contributed by atoms with Gasteiger partial charge in [0, 0.05) is 25.4 Å². The summed E-state index contributed by atoms with van der Waals surface area (Å²) in [6, 6.07) is 8.14. The number of rotatable bonds is 6. The second-order valence-corrected chi connectivity index (χ2v) is 7.10. The molecule has 2 aromatic rings. The Balaban J connectivity index is 1.36. The van der Waals surface area contributed by atoms with E-state index in [2.05, 4.69) is 15.5 Å². The lowest BCUT2D eigenvalue weighted by molar-refractivity contribution is -0.133. The van der Waals surface area contributed by atoms with Gasteiger partial charge in [-0.1, -0.05) is 35.0 Å². The molecular formula is C20H26N4O3. The van der Waals surface area contributed by atoms with Crippen molar-refractivity contribution in [3.63, 3.8) is 0 Å². The zero-order chi connectivity index (χ0) is 19.2. The molecule has 0 bridgehead atoms. The molecule has 1 N–H and O–H groups in total. The maximum Gasteiger partial charge on any atom is 0.241 e. The number of aryl methyl sites for hydroxylation is 3. The van der Waals surface area contributed by atoms with E-state index in [4.69, 9.17) is 4.52 Å². The van der Waals surface area contributed by atoms with Crippen LogP contribution in [0.1, 0.15) is 48.0 Å². The van der Waals surface area contributed by atoms with Crippen LogP contribution in [0.3, 0.4) is 0 Å². The molecule has 144 valence electrons. The predicted molar refractivity (Wildman–Crippen MR) is 100 cm³/mol. The Morgan fingerprint density at radius 1 is 1.19 bits per heavy atom. The van der Waals surface area contributed by atoms with Crippen LogP contribution in [0.15, 0.2) is 28.8 Å². The Hall–Kier alpha value is -2.70. The lowest BCUT2D eigenvalue weighted by Gasteiger charge is -2.30. The summed E-state index contributed by atoms with van der Waals surface area (Å²) in [4.78, 5) is 30.4. The summed E-state index contributed by atoms with van der Waals surface area (Å²) in [5.41, 5.74) is 2.33. The number of hydrogen-bond donors (Lipinski definition) is 1. The fourth-order valence-electron chi connectivity index (χ4n) is 3.24. The van der Waals surface area contributed by atoms with E-state index < -0.39 is 0 Å². The second kappa shape index (κ2) is 8.79. The average molecular weight is 370 g/mol. The van der Waals surface area contributed by atoms with Crippen LogP contribution in [0.5, 0.6) is 0 Å². The first-order valence-electron chi connectivity index (χ1n) is 9.41. The highest BCUT2D eigenvalue weighted by molar-refractivity contribution is 5.84. The minimum Gasteiger partial charge on any atom is -0.347 e. The quantitative estimate of drug-likeness (QED) is 0.842. The molecule has 1 aliphatic heterocycles. The fourth-order valence-corrected chi connectivity index (χ4v) is 3.24. The summed E-state index contributed by atoms with van der Waals surface area (Å²) in [5, 5.41) is 6.56. The van der Waals surface area contributed by atoms with Gasteiger partial charge in [-0.3, -0.25) is 9.59 Å². The smallest absolute Gasteiger partial charge is 0.241 e. The third kappa shape index (κ3) is 5.39. The summed E-state index contributed by atoms with van der Waals surface area (Å²) in [5.74, 6) is 1.36. The van der Waals surface area contributed by atoms with Gasteiger partial charge in [0.25, 0.3) is 0 Å². The summed E-state index contributed by atoms with van der Waals surface area (Å²) in [7, 11) is 0. The van der Waals surface area contributed by atoms with Crippen molar-refractivity contribution in [1.29, 1.82) is 0 Å². The molecule has 0 radical (unpaired) electrons. The van der Waals surface area contributed by atoms with Crippen molar-refractivity contribution in [2.75, 3.05) is 19.6 Å². The van der Waals surface area contributed by atoms with Crippen LogP contribution in [0, 0.1) is 13.8 Å². The van der Waals surface area contributed by atoms with Gasteiger partial charge in [0.2, 0.25) is 17.7 Å². The Morgan fingerprint density at radius 3 is 2.52 bits per heavy atom. The number of carbonyl (C=O) groups excluding carboxylic acids is 2. The van der Waals surface area contributed by atoms with Gasteiger partial charge in [-0.25, -0.2) is 0 Å². The van der Waals surface area contributed by atoms with Crippen LogP contribution in [-0.2, 0) is 16.0 Å². The molecule has 0 saturated carbocycles. The minimum atomic E-state index is -0.0971. The molecule has 0 aliphatic carbocycles. The number of hydrogen-bond acceptors (Lipinski definition) is 5. The maximum absolute atomic E-state index is 12.3. The number of aromatic nitrogens is 2. The number of piperidine rings is 1. The Morgan fingerprint density at radius 2 is 1.89 bits per heavy atom. The van der Waals surface area contributed by atoms with Crippen molar-refractivity contribution < 1.29 is 14.1 Å². The SMILES string of the molecule is Cc1ccc(CCC(=O)NCC(=O)N2CCC(c3nc(C)no3)CC2)cc1. The Labute approximate surface area is 159 Å². The molecule has 27 heavy (non-hydrogen) atoms. The molecular weight excluding hydrogens is 344 g/mol. The van der Waals surface area contributed by atoms with E-state index in [-0.39, 0.29) is 24.3 Å². The molecule has 2 amide bonds. The number of carbonyl (C=O) groups is 2. The van der Waals surface area contributed by atoms with Gasteiger partial charge >= 0.3 is 0 Å². The van der Waals surface area contributed by atoms with E-state index >= 15 is 0 Å². The predicted octanol–water partition coefficient (Wildman–Crippen LogP) is 2.14. The van der Waals surface area contributed by atoms with Gasteiger partial charge in [-0.05, 0) is 38.7 Å². The maximum atomic E-state index is 12.3. The summed E-state index contributed by atoms with van der Waals surface area (Å²) >= 11 is 0. The van der Waals surface area contributed by atoms with E-state index in [1.165, 1.54) is 5.56 Å². The molecule has 7 nitrogen and oxygen atoms in total. The molecule has 1 aromatic heterocycles.